The molecule has 0 radical (unpaired) electrons. The predicted octanol–water partition coefficient (Wildman–Crippen LogP) is 1.26. The number of phenolic OH excluding ortho intramolecular Hbond substituents is 1. The Kier molecular flexibility index (Phi) is 3.68. The number of hydrogen-bond acceptors (Lipinski definition) is 3. The Morgan fingerprint density at radius 2 is 2.20 bits per heavy atom. The number of carbonyl (C=O) groups is 1. The van der Waals surface area contributed by atoms with Gasteiger partial charge >= 0.3 is 5.97 Å². The number of hydrogen-bond donors (Lipinski definition) is 3. The second kappa shape index (κ2) is 4.79. The number of aryl methyl sites for hydroxylation is 1. The molecule has 1 aromatic carbocycles. The molecule has 0 aromatic heterocycles. The molecule has 0 heterocycles. The second-order valence-electron chi connectivity index (χ2n) is 3.57. The summed E-state index contributed by atoms with van der Waals surface area (Å²) in [4.78, 5) is 10.5. The summed E-state index contributed by atoms with van der Waals surface area (Å²) in [6, 6.07) is 4.62. The van der Waals surface area contributed by atoms with Crippen molar-refractivity contribution in [3.8, 4) is 5.75 Å². The molecule has 0 aliphatic rings. The molecule has 1 rings (SSSR count). The molecule has 0 saturated carbocycles. The normalized spacial score (nSPS) is 12.4. The Bertz CT molecular complexity index is 363. The summed E-state index contributed by atoms with van der Waals surface area (Å²) < 4.78 is 0. The van der Waals surface area contributed by atoms with Crippen molar-refractivity contribution >= 4 is 5.97 Å². The van der Waals surface area contributed by atoms with E-state index in [-0.39, 0.29) is 5.75 Å². The van der Waals surface area contributed by atoms with Crippen molar-refractivity contribution in [2.75, 3.05) is 0 Å². The molecule has 4 heteroatoms. The van der Waals surface area contributed by atoms with Crippen LogP contribution in [0.25, 0.3) is 0 Å². The smallest absolute Gasteiger partial charge is 0.320 e. The van der Waals surface area contributed by atoms with Gasteiger partial charge in [0.15, 0.2) is 0 Å². The van der Waals surface area contributed by atoms with Gasteiger partial charge in [0.05, 0.1) is 0 Å². The van der Waals surface area contributed by atoms with Crippen molar-refractivity contribution in [2.24, 2.45) is 0 Å². The highest BCUT2D eigenvalue weighted by atomic mass is 16.4. The first-order valence-corrected chi connectivity index (χ1v) is 4.75. The third-order valence-corrected chi connectivity index (χ3v) is 2.20. The van der Waals surface area contributed by atoms with Gasteiger partial charge in [-0.05, 0) is 19.9 Å². The van der Waals surface area contributed by atoms with Gasteiger partial charge in [-0.25, -0.2) is 0 Å². The molecular formula is C11H15NO3. The molecule has 15 heavy (non-hydrogen) atoms. The third kappa shape index (κ3) is 3.25. The summed E-state index contributed by atoms with van der Waals surface area (Å²) in [6.45, 7) is 3.83. The van der Waals surface area contributed by atoms with Gasteiger partial charge < -0.3 is 15.5 Å². The van der Waals surface area contributed by atoms with Crippen LogP contribution >= 0.6 is 0 Å². The minimum atomic E-state index is -0.901. The molecule has 1 atom stereocenters. The number of aromatic hydroxyl groups is 1. The molecule has 82 valence electrons. The van der Waals surface area contributed by atoms with Crippen LogP contribution in [0.4, 0.5) is 0 Å². The quantitative estimate of drug-likeness (QED) is 0.698. The Hall–Kier alpha value is -1.55. The molecular weight excluding hydrogens is 194 g/mol. The number of rotatable bonds is 4. The lowest BCUT2D eigenvalue weighted by molar-refractivity contribution is -0.139. The van der Waals surface area contributed by atoms with E-state index < -0.39 is 12.0 Å². The summed E-state index contributed by atoms with van der Waals surface area (Å²) in [6.07, 6.45) is 0. The molecule has 0 spiro atoms. The van der Waals surface area contributed by atoms with Crippen LogP contribution in [-0.2, 0) is 11.3 Å². The fourth-order valence-corrected chi connectivity index (χ4v) is 1.21. The first-order chi connectivity index (χ1) is 7.00. The zero-order valence-electron chi connectivity index (χ0n) is 8.82. The van der Waals surface area contributed by atoms with Gasteiger partial charge in [-0.1, -0.05) is 17.7 Å². The van der Waals surface area contributed by atoms with E-state index >= 15 is 0 Å². The average molecular weight is 209 g/mol. The fraction of sp³-hybridized carbons (Fsp3) is 0.364. The lowest BCUT2D eigenvalue weighted by atomic mass is 10.1. The lowest BCUT2D eigenvalue weighted by Crippen LogP contribution is -2.33. The number of nitrogens with one attached hydrogen (secondary N) is 1. The Morgan fingerprint density at radius 3 is 2.80 bits per heavy atom. The number of benzene rings is 1. The van der Waals surface area contributed by atoms with E-state index in [9.17, 15) is 9.90 Å². The van der Waals surface area contributed by atoms with Crippen LogP contribution < -0.4 is 5.32 Å². The fourth-order valence-electron chi connectivity index (χ4n) is 1.21. The third-order valence-electron chi connectivity index (χ3n) is 2.20. The van der Waals surface area contributed by atoms with Crippen LogP contribution in [0.5, 0.6) is 5.75 Å². The first kappa shape index (κ1) is 11.5. The van der Waals surface area contributed by atoms with Gasteiger partial charge in [-0.3, -0.25) is 4.79 Å². The molecule has 4 nitrogen and oxygen atoms in total. The van der Waals surface area contributed by atoms with Gasteiger partial charge in [-0.15, -0.1) is 0 Å². The maximum absolute atomic E-state index is 10.5. The maximum Gasteiger partial charge on any atom is 0.320 e. The molecule has 0 fully saturated rings. The highest BCUT2D eigenvalue weighted by molar-refractivity contribution is 5.72. The van der Waals surface area contributed by atoms with Crippen molar-refractivity contribution in [3.05, 3.63) is 29.3 Å². The highest BCUT2D eigenvalue weighted by Crippen LogP contribution is 2.17. The predicted molar refractivity (Wildman–Crippen MR) is 56.8 cm³/mol. The zero-order chi connectivity index (χ0) is 11.4. The van der Waals surface area contributed by atoms with Crippen molar-refractivity contribution in [1.29, 1.82) is 0 Å². The van der Waals surface area contributed by atoms with Crippen LogP contribution in [0.1, 0.15) is 18.1 Å². The van der Waals surface area contributed by atoms with E-state index in [1.165, 1.54) is 0 Å². The second-order valence-corrected chi connectivity index (χ2v) is 3.57. The Labute approximate surface area is 88.6 Å². The van der Waals surface area contributed by atoms with E-state index in [2.05, 4.69) is 5.32 Å². The Balaban J connectivity index is 2.65. The molecule has 1 unspecified atom stereocenters. The standard InChI is InChI=1S/C11H15NO3/c1-7-3-4-10(13)9(5-7)6-12-8(2)11(14)15/h3-5,8,12-13H,6H2,1-2H3,(H,14,15). The largest absolute Gasteiger partial charge is 0.508 e. The van der Waals surface area contributed by atoms with Crippen LogP contribution in [-0.4, -0.2) is 22.2 Å². The van der Waals surface area contributed by atoms with Crippen molar-refractivity contribution in [1.82, 2.24) is 5.32 Å². The SMILES string of the molecule is Cc1ccc(O)c(CNC(C)C(=O)O)c1. The van der Waals surface area contributed by atoms with Crippen molar-refractivity contribution < 1.29 is 15.0 Å². The van der Waals surface area contributed by atoms with Gasteiger partial charge in [-0.2, -0.15) is 0 Å². The van der Waals surface area contributed by atoms with E-state index in [4.69, 9.17) is 5.11 Å². The summed E-state index contributed by atoms with van der Waals surface area (Å²) >= 11 is 0. The minimum absolute atomic E-state index is 0.186. The number of aliphatic carboxylic acids is 1. The van der Waals surface area contributed by atoms with Gasteiger partial charge in [0.2, 0.25) is 0 Å². The first-order valence-electron chi connectivity index (χ1n) is 4.75. The molecule has 1 aromatic rings. The van der Waals surface area contributed by atoms with Crippen molar-refractivity contribution in [2.45, 2.75) is 26.4 Å². The van der Waals surface area contributed by atoms with Gasteiger partial charge in [0.1, 0.15) is 11.8 Å². The molecule has 0 amide bonds. The molecule has 0 aliphatic carbocycles. The summed E-state index contributed by atoms with van der Waals surface area (Å²) in [7, 11) is 0. The van der Waals surface area contributed by atoms with E-state index in [0.717, 1.165) is 5.56 Å². The minimum Gasteiger partial charge on any atom is -0.508 e. The molecule has 0 aliphatic heterocycles. The van der Waals surface area contributed by atoms with Gasteiger partial charge in [0.25, 0.3) is 0 Å². The number of phenols is 1. The summed E-state index contributed by atoms with van der Waals surface area (Å²) in [5, 5.41) is 21.0. The zero-order valence-corrected chi connectivity index (χ0v) is 8.82. The van der Waals surface area contributed by atoms with Crippen LogP contribution in [0.3, 0.4) is 0 Å². The van der Waals surface area contributed by atoms with Gasteiger partial charge in [0, 0.05) is 12.1 Å². The van der Waals surface area contributed by atoms with Crippen LogP contribution in [0.2, 0.25) is 0 Å². The summed E-state index contributed by atoms with van der Waals surface area (Å²) in [5.41, 5.74) is 1.75. The van der Waals surface area contributed by atoms with Crippen LogP contribution in [0, 0.1) is 6.92 Å². The highest BCUT2D eigenvalue weighted by Gasteiger charge is 2.10. The van der Waals surface area contributed by atoms with E-state index in [0.29, 0.717) is 12.1 Å². The van der Waals surface area contributed by atoms with Crippen LogP contribution in [0.15, 0.2) is 18.2 Å². The molecule has 0 bridgehead atoms. The Morgan fingerprint density at radius 1 is 1.53 bits per heavy atom. The van der Waals surface area contributed by atoms with E-state index in [1.807, 2.05) is 13.0 Å². The monoisotopic (exact) mass is 209 g/mol. The van der Waals surface area contributed by atoms with Crippen molar-refractivity contribution in [3.63, 3.8) is 0 Å². The average Bonchev–Trinajstić information content (AvgIpc) is 2.18. The van der Waals surface area contributed by atoms with E-state index in [1.54, 1.807) is 19.1 Å². The molecule has 0 saturated heterocycles. The summed E-state index contributed by atoms with van der Waals surface area (Å²) in [5.74, 6) is -0.715. The lowest BCUT2D eigenvalue weighted by Gasteiger charge is -2.10. The molecule has 3 N–H and O–H groups in total. The number of carboxylic acids is 1. The number of carboxylic acid groups (broad SMARTS) is 1. The maximum atomic E-state index is 10.5. The topological polar surface area (TPSA) is 69.6 Å².